The van der Waals surface area contributed by atoms with E-state index < -0.39 is 0 Å². The Morgan fingerprint density at radius 3 is 2.59 bits per heavy atom. The van der Waals surface area contributed by atoms with Crippen LogP contribution >= 0.6 is 11.3 Å². The molecule has 0 saturated carbocycles. The van der Waals surface area contributed by atoms with Gasteiger partial charge < -0.3 is 9.47 Å². The third kappa shape index (κ3) is 3.47. The number of carbonyl (C=O) groups excluding carboxylic acids is 1. The molecule has 146 valence electrons. The monoisotopic (exact) mass is 404 g/mol. The van der Waals surface area contributed by atoms with Crippen LogP contribution in [0.5, 0.6) is 0 Å². The van der Waals surface area contributed by atoms with Gasteiger partial charge in [-0.05, 0) is 36.4 Å². The number of benzene rings is 1. The Kier molecular flexibility index (Phi) is 4.69. The summed E-state index contributed by atoms with van der Waals surface area (Å²) in [5.74, 6) is 0.836. The summed E-state index contributed by atoms with van der Waals surface area (Å²) in [6.45, 7) is 1.38. The van der Waals surface area contributed by atoms with Crippen LogP contribution < -0.4 is 0 Å². The number of piperidine rings is 1. The first-order valence-electron chi connectivity index (χ1n) is 9.62. The van der Waals surface area contributed by atoms with Crippen LogP contribution in [-0.4, -0.2) is 48.2 Å². The molecule has 0 spiro atoms. The highest BCUT2D eigenvalue weighted by Gasteiger charge is 2.28. The lowest BCUT2D eigenvalue weighted by Gasteiger charge is -2.31. The number of imidazole rings is 1. The molecule has 0 atom stereocenters. The average molecular weight is 404 g/mol. The van der Waals surface area contributed by atoms with Gasteiger partial charge in [0.05, 0.1) is 16.9 Å². The maximum Gasteiger partial charge on any atom is 0.293 e. The van der Waals surface area contributed by atoms with Gasteiger partial charge in [0.15, 0.2) is 5.82 Å². The zero-order chi connectivity index (χ0) is 19.6. The Hall–Kier alpha value is -3.26. The zero-order valence-corrected chi connectivity index (χ0v) is 16.6. The lowest BCUT2D eigenvalue weighted by Crippen LogP contribution is -2.39. The van der Waals surface area contributed by atoms with E-state index in [0.29, 0.717) is 25.0 Å². The molecule has 1 aliphatic rings. The van der Waals surface area contributed by atoms with Crippen molar-refractivity contribution >= 4 is 17.2 Å². The van der Waals surface area contributed by atoms with E-state index in [1.807, 2.05) is 65.3 Å². The smallest absolute Gasteiger partial charge is 0.293 e. The second kappa shape index (κ2) is 7.63. The van der Waals surface area contributed by atoms with Crippen LogP contribution in [0.3, 0.4) is 0 Å². The Morgan fingerprint density at radius 2 is 1.90 bits per heavy atom. The Bertz CT molecular complexity index is 1080. The van der Waals surface area contributed by atoms with Crippen molar-refractivity contribution in [3.63, 3.8) is 0 Å². The number of nitrogens with zero attached hydrogens (tertiary/aromatic N) is 6. The number of hydrogen-bond donors (Lipinski definition) is 0. The van der Waals surface area contributed by atoms with Gasteiger partial charge in [-0.1, -0.05) is 24.3 Å². The van der Waals surface area contributed by atoms with Crippen molar-refractivity contribution in [1.82, 2.24) is 29.2 Å². The van der Waals surface area contributed by atoms with E-state index >= 15 is 0 Å². The molecule has 1 aromatic carbocycles. The molecule has 0 unspecified atom stereocenters. The largest absolute Gasteiger partial charge is 0.336 e. The van der Waals surface area contributed by atoms with E-state index in [1.54, 1.807) is 22.2 Å². The standard InChI is InChI=1S/C21H20N6OS/c28-21(25-11-8-16(9-12-25)26-13-10-22-15-26)19-23-20(18-7-4-14-29-18)27(24-19)17-5-2-1-3-6-17/h1-7,10,13-16H,8-9,11-12H2. The topological polar surface area (TPSA) is 68.8 Å². The molecule has 29 heavy (non-hydrogen) atoms. The Morgan fingerprint density at radius 1 is 1.07 bits per heavy atom. The van der Waals surface area contributed by atoms with E-state index in [0.717, 1.165) is 23.4 Å². The average Bonchev–Trinajstić information content (AvgIpc) is 3.55. The molecule has 3 aromatic heterocycles. The molecule has 1 aliphatic heterocycles. The number of amides is 1. The molecule has 0 aliphatic carbocycles. The van der Waals surface area contributed by atoms with Gasteiger partial charge in [0.2, 0.25) is 5.82 Å². The predicted molar refractivity (Wildman–Crippen MR) is 111 cm³/mol. The van der Waals surface area contributed by atoms with Crippen LogP contribution in [0.4, 0.5) is 0 Å². The van der Waals surface area contributed by atoms with Crippen molar-refractivity contribution in [2.24, 2.45) is 0 Å². The quantitative estimate of drug-likeness (QED) is 0.520. The summed E-state index contributed by atoms with van der Waals surface area (Å²) in [5.41, 5.74) is 0.890. The molecule has 7 nitrogen and oxygen atoms in total. The van der Waals surface area contributed by atoms with Gasteiger partial charge in [0.1, 0.15) is 0 Å². The van der Waals surface area contributed by atoms with Crippen molar-refractivity contribution in [2.45, 2.75) is 18.9 Å². The van der Waals surface area contributed by atoms with Crippen LogP contribution in [-0.2, 0) is 0 Å². The first-order valence-corrected chi connectivity index (χ1v) is 10.5. The fraction of sp³-hybridized carbons (Fsp3) is 0.238. The number of aromatic nitrogens is 5. The minimum atomic E-state index is -0.110. The van der Waals surface area contributed by atoms with Crippen LogP contribution in [0, 0.1) is 0 Å². The molecule has 1 amide bonds. The minimum Gasteiger partial charge on any atom is -0.336 e. The van der Waals surface area contributed by atoms with Gasteiger partial charge in [-0.25, -0.2) is 14.6 Å². The molecular weight excluding hydrogens is 384 g/mol. The molecule has 0 radical (unpaired) electrons. The highest BCUT2D eigenvalue weighted by Crippen LogP contribution is 2.27. The van der Waals surface area contributed by atoms with Gasteiger partial charge in [0.25, 0.3) is 5.91 Å². The molecule has 1 fully saturated rings. The molecule has 0 bridgehead atoms. The summed E-state index contributed by atoms with van der Waals surface area (Å²) in [6, 6.07) is 14.2. The van der Waals surface area contributed by atoms with Crippen molar-refractivity contribution in [3.05, 3.63) is 72.4 Å². The molecule has 1 saturated heterocycles. The van der Waals surface area contributed by atoms with E-state index in [-0.39, 0.29) is 11.7 Å². The number of hydrogen-bond acceptors (Lipinski definition) is 5. The number of para-hydroxylation sites is 1. The van der Waals surface area contributed by atoms with Gasteiger partial charge in [0, 0.05) is 31.5 Å². The SMILES string of the molecule is O=C(c1nc(-c2cccs2)n(-c2ccccc2)n1)N1CCC(n2ccnc2)CC1. The van der Waals surface area contributed by atoms with Crippen LogP contribution in [0.15, 0.2) is 66.6 Å². The van der Waals surface area contributed by atoms with Crippen LogP contribution in [0.25, 0.3) is 16.4 Å². The zero-order valence-electron chi connectivity index (χ0n) is 15.8. The maximum absolute atomic E-state index is 13.1. The van der Waals surface area contributed by atoms with E-state index in [1.165, 1.54) is 0 Å². The molecule has 4 heterocycles. The summed E-state index contributed by atoms with van der Waals surface area (Å²) < 4.78 is 3.89. The second-order valence-corrected chi connectivity index (χ2v) is 7.96. The van der Waals surface area contributed by atoms with Crippen LogP contribution in [0.2, 0.25) is 0 Å². The van der Waals surface area contributed by atoms with E-state index in [9.17, 15) is 4.79 Å². The van der Waals surface area contributed by atoms with Gasteiger partial charge in [-0.15, -0.1) is 16.4 Å². The van der Waals surface area contributed by atoms with Gasteiger partial charge in [-0.2, -0.15) is 0 Å². The molecule has 0 N–H and O–H groups in total. The highest BCUT2D eigenvalue weighted by atomic mass is 32.1. The number of carbonyl (C=O) groups is 1. The number of thiophene rings is 1. The predicted octanol–water partition coefficient (Wildman–Crippen LogP) is 3.67. The minimum absolute atomic E-state index is 0.110. The van der Waals surface area contributed by atoms with Gasteiger partial charge in [-0.3, -0.25) is 4.79 Å². The van der Waals surface area contributed by atoms with Crippen molar-refractivity contribution in [3.8, 4) is 16.4 Å². The molecule has 5 rings (SSSR count). The third-order valence-electron chi connectivity index (χ3n) is 5.24. The Balaban J connectivity index is 1.40. The Labute approximate surface area is 172 Å². The van der Waals surface area contributed by atoms with Crippen molar-refractivity contribution < 1.29 is 4.79 Å². The lowest BCUT2D eigenvalue weighted by molar-refractivity contribution is 0.0682. The van der Waals surface area contributed by atoms with Crippen molar-refractivity contribution in [2.75, 3.05) is 13.1 Å². The highest BCUT2D eigenvalue weighted by molar-refractivity contribution is 7.13. The maximum atomic E-state index is 13.1. The third-order valence-corrected chi connectivity index (χ3v) is 6.10. The fourth-order valence-electron chi connectivity index (χ4n) is 3.71. The summed E-state index contributed by atoms with van der Waals surface area (Å²) in [5, 5.41) is 6.59. The van der Waals surface area contributed by atoms with Gasteiger partial charge >= 0.3 is 0 Å². The number of likely N-dealkylation sites (tertiary alicyclic amines) is 1. The molecular formula is C21H20N6OS. The fourth-order valence-corrected chi connectivity index (χ4v) is 4.41. The lowest BCUT2D eigenvalue weighted by atomic mass is 10.0. The normalized spacial score (nSPS) is 15.0. The van der Waals surface area contributed by atoms with E-state index in [4.69, 9.17) is 0 Å². The summed E-state index contributed by atoms with van der Waals surface area (Å²) in [7, 11) is 0. The summed E-state index contributed by atoms with van der Waals surface area (Å²) in [6.07, 6.45) is 7.43. The summed E-state index contributed by atoms with van der Waals surface area (Å²) in [4.78, 5) is 24.7. The summed E-state index contributed by atoms with van der Waals surface area (Å²) >= 11 is 1.59. The first kappa shape index (κ1) is 17.8. The first-order chi connectivity index (χ1) is 14.3. The second-order valence-electron chi connectivity index (χ2n) is 7.02. The molecule has 8 heteroatoms. The van der Waals surface area contributed by atoms with E-state index in [2.05, 4.69) is 19.6 Å². The molecule has 4 aromatic rings. The van der Waals surface area contributed by atoms with Crippen molar-refractivity contribution in [1.29, 1.82) is 0 Å². The number of rotatable bonds is 4. The van der Waals surface area contributed by atoms with Crippen LogP contribution in [0.1, 0.15) is 29.5 Å².